The quantitative estimate of drug-likeness (QED) is 0.553. The number of anilines is 1. The number of allylic oxidation sites excluding steroid dienone is 1. The van der Waals surface area contributed by atoms with E-state index in [1.807, 2.05) is 0 Å². The second-order valence-electron chi connectivity index (χ2n) is 5.79. The molecule has 0 aliphatic rings. The highest BCUT2D eigenvalue weighted by atomic mass is 19.4. The lowest BCUT2D eigenvalue weighted by Crippen LogP contribution is -2.54. The Kier molecular flexibility index (Phi) is 5.55. The van der Waals surface area contributed by atoms with E-state index in [-0.39, 0.29) is 18.2 Å². The number of amides is 1. The van der Waals surface area contributed by atoms with Crippen LogP contribution in [0, 0.1) is 0 Å². The lowest BCUT2D eigenvalue weighted by molar-refractivity contribution is -0.375. The van der Waals surface area contributed by atoms with E-state index in [2.05, 4.69) is 11.9 Å². The maximum Gasteiger partial charge on any atom is 0.430 e. The predicted molar refractivity (Wildman–Crippen MR) is 88.0 cm³/mol. The van der Waals surface area contributed by atoms with Gasteiger partial charge in [0, 0.05) is 17.4 Å². The highest BCUT2D eigenvalue weighted by Crippen LogP contribution is 2.52. The number of benzene rings is 2. The largest absolute Gasteiger partial charge is 0.430 e. The van der Waals surface area contributed by atoms with Crippen LogP contribution in [0.15, 0.2) is 49.1 Å². The summed E-state index contributed by atoms with van der Waals surface area (Å²) in [6.45, 7) is 3.39. The van der Waals surface area contributed by atoms with E-state index < -0.39 is 35.1 Å². The van der Waals surface area contributed by atoms with Crippen molar-refractivity contribution < 1.29 is 36.2 Å². The van der Waals surface area contributed by atoms with E-state index in [1.165, 1.54) is 30.3 Å². The summed E-state index contributed by atoms with van der Waals surface area (Å²) in [6.07, 6.45) is -10.8. The molecule has 3 nitrogen and oxygen atoms in total. The van der Waals surface area contributed by atoms with Crippen LogP contribution in [0.1, 0.15) is 18.4 Å². The molecule has 9 heteroatoms. The maximum absolute atomic E-state index is 13.3. The molecule has 27 heavy (non-hydrogen) atoms. The van der Waals surface area contributed by atoms with E-state index in [0.29, 0.717) is 11.5 Å². The first-order valence-electron chi connectivity index (χ1n) is 7.72. The van der Waals surface area contributed by atoms with E-state index in [4.69, 9.17) is 0 Å². The van der Waals surface area contributed by atoms with Crippen LogP contribution in [0.2, 0.25) is 0 Å². The van der Waals surface area contributed by atoms with Crippen molar-refractivity contribution in [2.24, 2.45) is 0 Å². The van der Waals surface area contributed by atoms with E-state index in [1.54, 1.807) is 0 Å². The molecule has 2 N–H and O–H groups in total. The van der Waals surface area contributed by atoms with Crippen molar-refractivity contribution >= 4 is 22.4 Å². The number of nitrogens with one attached hydrogen (secondary N) is 1. The third kappa shape index (κ3) is 3.78. The normalized spacial score (nSPS) is 12.9. The highest BCUT2D eigenvalue weighted by molar-refractivity contribution is 6.03. The minimum absolute atomic E-state index is 0.0612. The molecule has 0 radical (unpaired) electrons. The molecule has 0 aliphatic carbocycles. The second-order valence-corrected chi connectivity index (χ2v) is 5.79. The van der Waals surface area contributed by atoms with Crippen molar-refractivity contribution in [3.05, 3.63) is 54.6 Å². The molecule has 2 rings (SSSR count). The Morgan fingerprint density at radius 1 is 1.04 bits per heavy atom. The van der Waals surface area contributed by atoms with Crippen LogP contribution < -0.4 is 5.32 Å². The van der Waals surface area contributed by atoms with Gasteiger partial charge in [-0.05, 0) is 11.8 Å². The summed E-state index contributed by atoms with van der Waals surface area (Å²) in [5.74, 6) is -0.806. The van der Waals surface area contributed by atoms with Crippen LogP contribution in [0.4, 0.5) is 32.0 Å². The Balaban J connectivity index is 2.77. The molecular weight excluding hydrogens is 376 g/mol. The van der Waals surface area contributed by atoms with Crippen molar-refractivity contribution in [2.45, 2.75) is 30.8 Å². The minimum Gasteiger partial charge on any atom is -0.369 e. The molecule has 0 heterocycles. The Bertz CT molecular complexity index is 843. The summed E-state index contributed by atoms with van der Waals surface area (Å²) in [6, 6.07) is 7.18. The smallest absolute Gasteiger partial charge is 0.369 e. The second kappa shape index (κ2) is 7.22. The number of aliphatic hydroxyl groups is 1. The maximum atomic E-state index is 13.3. The van der Waals surface area contributed by atoms with Crippen LogP contribution in [0.3, 0.4) is 0 Å². The number of halogens is 6. The first kappa shape index (κ1) is 20.8. The molecule has 0 fully saturated rings. The van der Waals surface area contributed by atoms with Gasteiger partial charge in [0.1, 0.15) is 0 Å². The molecular formula is C18H15F6NO2. The van der Waals surface area contributed by atoms with Crippen molar-refractivity contribution in [2.75, 3.05) is 5.32 Å². The minimum atomic E-state index is -6.06. The number of carbonyl (C=O) groups is 1. The molecule has 0 saturated heterocycles. The van der Waals surface area contributed by atoms with Gasteiger partial charge in [-0.15, -0.1) is 6.58 Å². The van der Waals surface area contributed by atoms with Gasteiger partial charge in [-0.3, -0.25) is 4.79 Å². The van der Waals surface area contributed by atoms with Crippen molar-refractivity contribution in [3.63, 3.8) is 0 Å². The number of hydrogen-bond donors (Lipinski definition) is 2. The molecule has 2 aromatic carbocycles. The summed E-state index contributed by atoms with van der Waals surface area (Å²) >= 11 is 0. The van der Waals surface area contributed by atoms with Crippen molar-refractivity contribution in [3.8, 4) is 0 Å². The Labute approximate surface area is 150 Å². The molecule has 0 atom stereocenters. The molecule has 1 amide bonds. The fourth-order valence-corrected chi connectivity index (χ4v) is 2.61. The number of rotatable bonds is 5. The molecule has 0 spiro atoms. The number of fused-ring (bicyclic) bond motifs is 1. The van der Waals surface area contributed by atoms with Crippen LogP contribution in [-0.2, 0) is 10.4 Å². The zero-order valence-corrected chi connectivity index (χ0v) is 13.8. The van der Waals surface area contributed by atoms with E-state index in [9.17, 15) is 36.2 Å². The van der Waals surface area contributed by atoms with Gasteiger partial charge in [-0.25, -0.2) is 0 Å². The van der Waals surface area contributed by atoms with Crippen molar-refractivity contribution in [1.29, 1.82) is 0 Å². The summed E-state index contributed by atoms with van der Waals surface area (Å²) in [5.41, 5.74) is -7.38. The predicted octanol–water partition coefficient (Wildman–Crippen LogP) is 5.06. The van der Waals surface area contributed by atoms with E-state index in [0.717, 1.165) is 6.07 Å². The SMILES string of the molecule is C=CCCC(=O)Nc1c(C(O)(C(F)(F)F)C(F)(F)F)ccc2ccccc12. The van der Waals surface area contributed by atoms with Crippen LogP contribution in [0.5, 0.6) is 0 Å². The van der Waals surface area contributed by atoms with Gasteiger partial charge < -0.3 is 10.4 Å². The van der Waals surface area contributed by atoms with E-state index >= 15 is 0 Å². The summed E-state index contributed by atoms with van der Waals surface area (Å²) in [5, 5.41) is 12.1. The highest BCUT2D eigenvalue weighted by Gasteiger charge is 2.72. The van der Waals surface area contributed by atoms with Gasteiger partial charge in [0.25, 0.3) is 5.60 Å². The Hall–Kier alpha value is -2.55. The fourth-order valence-electron chi connectivity index (χ4n) is 2.61. The molecule has 146 valence electrons. The first-order chi connectivity index (χ1) is 12.4. The number of alkyl halides is 6. The average molecular weight is 391 g/mol. The fraction of sp³-hybridized carbons (Fsp3) is 0.278. The molecule has 2 aromatic rings. The van der Waals surface area contributed by atoms with Gasteiger partial charge in [0.05, 0.1) is 5.69 Å². The van der Waals surface area contributed by atoms with Gasteiger partial charge in [0.15, 0.2) is 0 Å². The lowest BCUT2D eigenvalue weighted by atomic mass is 9.88. The third-order valence-electron chi connectivity index (χ3n) is 3.98. The van der Waals surface area contributed by atoms with Gasteiger partial charge in [-0.2, -0.15) is 26.3 Å². The standard InChI is InChI=1S/C18H15F6NO2/c1-2-3-8-14(26)25-15-12-7-5-4-6-11(12)9-10-13(15)16(27,17(19,20)21)18(22,23)24/h2,4-7,9-10,27H,1,3,8H2,(H,25,26). The lowest BCUT2D eigenvalue weighted by Gasteiger charge is -2.34. The monoisotopic (exact) mass is 391 g/mol. The van der Waals surface area contributed by atoms with Crippen molar-refractivity contribution in [1.82, 2.24) is 0 Å². The molecule has 0 bridgehead atoms. The Morgan fingerprint density at radius 2 is 1.63 bits per heavy atom. The molecule has 0 unspecified atom stereocenters. The average Bonchev–Trinajstić information content (AvgIpc) is 2.57. The van der Waals surface area contributed by atoms with Crippen LogP contribution in [-0.4, -0.2) is 23.4 Å². The third-order valence-corrected chi connectivity index (χ3v) is 3.98. The van der Waals surface area contributed by atoms with Gasteiger partial charge >= 0.3 is 12.4 Å². The summed E-state index contributed by atoms with van der Waals surface area (Å²) in [4.78, 5) is 12.0. The first-order valence-corrected chi connectivity index (χ1v) is 7.72. The van der Waals surface area contributed by atoms with Crippen LogP contribution in [0.25, 0.3) is 10.8 Å². The molecule has 0 saturated carbocycles. The summed E-state index contributed by atoms with van der Waals surface area (Å²) < 4.78 is 79.9. The summed E-state index contributed by atoms with van der Waals surface area (Å²) in [7, 11) is 0. The Morgan fingerprint density at radius 3 is 2.19 bits per heavy atom. The molecule has 0 aromatic heterocycles. The zero-order valence-electron chi connectivity index (χ0n) is 13.8. The topological polar surface area (TPSA) is 49.3 Å². The van der Waals surface area contributed by atoms with Gasteiger partial charge in [0.2, 0.25) is 5.91 Å². The van der Waals surface area contributed by atoms with Gasteiger partial charge in [-0.1, -0.05) is 42.5 Å². The number of carbonyl (C=O) groups excluding carboxylic acids is 1. The molecule has 0 aliphatic heterocycles. The van der Waals surface area contributed by atoms with Crippen LogP contribution >= 0.6 is 0 Å². The number of hydrogen-bond acceptors (Lipinski definition) is 2. The zero-order chi connectivity index (χ0) is 20.5.